The molecule has 6 nitrogen and oxygen atoms in total. The van der Waals surface area contributed by atoms with Gasteiger partial charge in [0, 0.05) is 50.1 Å². The molecule has 0 aliphatic carbocycles. The summed E-state index contributed by atoms with van der Waals surface area (Å²) in [5.41, 5.74) is 0. The van der Waals surface area contributed by atoms with Crippen molar-refractivity contribution in [3.05, 3.63) is 30.1 Å². The molecule has 0 aromatic carbocycles. The van der Waals surface area contributed by atoms with Gasteiger partial charge in [-0.05, 0) is 18.9 Å². The molecule has 0 atom stereocenters. The van der Waals surface area contributed by atoms with Gasteiger partial charge in [-0.15, -0.1) is 0 Å². The van der Waals surface area contributed by atoms with Crippen molar-refractivity contribution in [3.63, 3.8) is 0 Å². The molecule has 1 saturated heterocycles. The van der Waals surface area contributed by atoms with Gasteiger partial charge >= 0.3 is 0 Å². The summed E-state index contributed by atoms with van der Waals surface area (Å²) < 4.78 is 9.87. The predicted molar refractivity (Wildman–Crippen MR) is 76.8 cm³/mol. The summed E-state index contributed by atoms with van der Waals surface area (Å²) in [6, 6.07) is 1.82. The summed E-state index contributed by atoms with van der Waals surface area (Å²) in [7, 11) is 1.99. The molecular formula is C13H17N5OS. The van der Waals surface area contributed by atoms with Crippen molar-refractivity contribution in [1.82, 2.24) is 19.3 Å². The molecule has 3 rings (SSSR count). The number of hydrogen-bond donors (Lipinski definition) is 0. The Morgan fingerprint density at radius 2 is 2.05 bits per heavy atom. The Hall–Kier alpha value is -1.60. The van der Waals surface area contributed by atoms with Crippen LogP contribution in [0.5, 0.6) is 0 Å². The van der Waals surface area contributed by atoms with Crippen LogP contribution < -0.4 is 4.90 Å². The van der Waals surface area contributed by atoms with E-state index >= 15 is 0 Å². The summed E-state index contributed by atoms with van der Waals surface area (Å²) in [6.45, 7) is 2.27. The normalized spacial score (nSPS) is 16.2. The van der Waals surface area contributed by atoms with Gasteiger partial charge in [0.1, 0.15) is 11.6 Å². The van der Waals surface area contributed by atoms with E-state index in [1.54, 1.807) is 12.4 Å². The molecule has 1 aliphatic heterocycles. The van der Waals surface area contributed by atoms with Crippen LogP contribution in [-0.2, 0) is 11.3 Å². The Morgan fingerprint density at radius 3 is 2.80 bits per heavy atom. The topological polar surface area (TPSA) is 64.0 Å². The maximum atomic E-state index is 5.38. The van der Waals surface area contributed by atoms with Crippen LogP contribution in [0.25, 0.3) is 0 Å². The van der Waals surface area contributed by atoms with Crippen LogP contribution in [0.4, 0.5) is 5.13 Å². The van der Waals surface area contributed by atoms with Crippen molar-refractivity contribution in [1.29, 1.82) is 0 Å². The first kappa shape index (κ1) is 13.4. The van der Waals surface area contributed by atoms with Gasteiger partial charge in [-0.1, -0.05) is 0 Å². The molecule has 0 N–H and O–H groups in total. The molecule has 1 fully saturated rings. The van der Waals surface area contributed by atoms with Crippen molar-refractivity contribution in [2.45, 2.75) is 25.3 Å². The van der Waals surface area contributed by atoms with E-state index in [9.17, 15) is 0 Å². The molecule has 7 heteroatoms. The van der Waals surface area contributed by atoms with Crippen LogP contribution >= 0.6 is 11.5 Å². The van der Waals surface area contributed by atoms with Gasteiger partial charge in [-0.3, -0.25) is 0 Å². The molecule has 0 saturated carbocycles. The van der Waals surface area contributed by atoms with E-state index < -0.39 is 0 Å². The van der Waals surface area contributed by atoms with Crippen molar-refractivity contribution >= 4 is 16.7 Å². The first-order valence-corrected chi connectivity index (χ1v) is 7.48. The minimum absolute atomic E-state index is 0.440. The van der Waals surface area contributed by atoms with Crippen molar-refractivity contribution in [3.8, 4) is 0 Å². The summed E-state index contributed by atoms with van der Waals surface area (Å²) in [5, 5.41) is 0.916. The van der Waals surface area contributed by atoms with Gasteiger partial charge in [0.2, 0.25) is 5.13 Å². The lowest BCUT2D eigenvalue weighted by atomic mass is 10.00. The number of aromatic nitrogens is 4. The molecule has 3 heterocycles. The molecule has 0 spiro atoms. The second kappa shape index (κ2) is 6.23. The molecule has 2 aromatic rings. The highest BCUT2D eigenvalue weighted by atomic mass is 32.1. The zero-order valence-electron chi connectivity index (χ0n) is 11.4. The minimum atomic E-state index is 0.440. The molecule has 20 heavy (non-hydrogen) atoms. The van der Waals surface area contributed by atoms with Gasteiger partial charge in [-0.25, -0.2) is 15.0 Å². The van der Waals surface area contributed by atoms with E-state index in [0.29, 0.717) is 12.5 Å². The van der Waals surface area contributed by atoms with Crippen LogP contribution in [0.3, 0.4) is 0 Å². The Morgan fingerprint density at radius 1 is 1.30 bits per heavy atom. The Kier molecular flexibility index (Phi) is 4.17. The molecular weight excluding hydrogens is 274 g/mol. The first-order valence-electron chi connectivity index (χ1n) is 6.71. The van der Waals surface area contributed by atoms with E-state index in [1.165, 1.54) is 11.5 Å². The molecule has 0 bridgehead atoms. The summed E-state index contributed by atoms with van der Waals surface area (Å²) in [5.74, 6) is 2.18. The smallest absolute Gasteiger partial charge is 0.205 e. The zero-order valence-corrected chi connectivity index (χ0v) is 12.2. The lowest BCUT2D eigenvalue weighted by molar-refractivity contribution is 0.0838. The third-order valence-electron chi connectivity index (χ3n) is 3.34. The monoisotopic (exact) mass is 291 g/mol. The number of rotatable bonds is 4. The van der Waals surface area contributed by atoms with Crippen LogP contribution in [-0.4, -0.2) is 39.6 Å². The predicted octanol–water partition coefficient (Wildman–Crippen LogP) is 1.86. The highest BCUT2D eigenvalue weighted by molar-refractivity contribution is 7.09. The summed E-state index contributed by atoms with van der Waals surface area (Å²) >= 11 is 1.44. The summed E-state index contributed by atoms with van der Waals surface area (Å²) in [4.78, 5) is 15.1. The highest BCUT2D eigenvalue weighted by Crippen LogP contribution is 2.28. The minimum Gasteiger partial charge on any atom is -0.381 e. The SMILES string of the molecule is CN(Cc1ncccn1)c1nc(C2CCOCC2)ns1. The third kappa shape index (κ3) is 3.10. The van der Waals surface area contributed by atoms with Crippen LogP contribution in [0, 0.1) is 0 Å². The Balaban J connectivity index is 1.66. The third-order valence-corrected chi connectivity index (χ3v) is 4.19. The molecule has 1 aliphatic rings. The van der Waals surface area contributed by atoms with E-state index in [1.807, 2.05) is 18.0 Å². The van der Waals surface area contributed by atoms with Gasteiger partial charge < -0.3 is 9.64 Å². The van der Waals surface area contributed by atoms with Gasteiger partial charge in [0.15, 0.2) is 0 Å². The van der Waals surface area contributed by atoms with E-state index in [-0.39, 0.29) is 0 Å². The largest absolute Gasteiger partial charge is 0.381 e. The maximum Gasteiger partial charge on any atom is 0.205 e. The average molecular weight is 291 g/mol. The van der Waals surface area contributed by atoms with Crippen LogP contribution in [0.2, 0.25) is 0 Å². The van der Waals surface area contributed by atoms with E-state index in [2.05, 4.69) is 19.3 Å². The Bertz CT molecular complexity index is 541. The second-order valence-electron chi connectivity index (χ2n) is 4.84. The summed E-state index contributed by atoms with van der Waals surface area (Å²) in [6.07, 6.45) is 5.54. The molecule has 0 radical (unpaired) electrons. The lowest BCUT2D eigenvalue weighted by Crippen LogP contribution is -2.18. The maximum absolute atomic E-state index is 5.38. The molecule has 2 aromatic heterocycles. The first-order chi connectivity index (χ1) is 9.83. The average Bonchev–Trinajstić information content (AvgIpc) is 2.99. The second-order valence-corrected chi connectivity index (χ2v) is 5.57. The van der Waals surface area contributed by atoms with Crippen molar-refractivity contribution in [2.75, 3.05) is 25.2 Å². The fraction of sp³-hybridized carbons (Fsp3) is 0.538. The van der Waals surface area contributed by atoms with Crippen LogP contribution in [0.1, 0.15) is 30.4 Å². The van der Waals surface area contributed by atoms with Crippen LogP contribution in [0.15, 0.2) is 18.5 Å². The van der Waals surface area contributed by atoms with Crippen molar-refractivity contribution < 1.29 is 4.74 Å². The lowest BCUT2D eigenvalue weighted by Gasteiger charge is -2.19. The number of nitrogens with zero attached hydrogens (tertiary/aromatic N) is 5. The standard InChI is InChI=1S/C13H17N5OS/c1-18(9-11-14-5-2-6-15-11)13-16-12(17-20-13)10-3-7-19-8-4-10/h2,5-6,10H,3-4,7-9H2,1H3. The van der Waals surface area contributed by atoms with E-state index in [4.69, 9.17) is 4.74 Å². The fourth-order valence-corrected chi connectivity index (χ4v) is 2.90. The van der Waals surface area contributed by atoms with Gasteiger partial charge in [0.25, 0.3) is 0 Å². The van der Waals surface area contributed by atoms with Gasteiger partial charge in [-0.2, -0.15) is 4.37 Å². The molecule has 0 amide bonds. The van der Waals surface area contributed by atoms with Gasteiger partial charge in [0.05, 0.1) is 6.54 Å². The fourth-order valence-electron chi connectivity index (χ4n) is 2.19. The number of ether oxygens (including phenoxy) is 1. The molecule has 0 unspecified atom stereocenters. The Labute approximate surface area is 122 Å². The number of hydrogen-bond acceptors (Lipinski definition) is 7. The quantitative estimate of drug-likeness (QED) is 0.856. The zero-order chi connectivity index (χ0) is 13.8. The number of anilines is 1. The van der Waals surface area contributed by atoms with E-state index in [0.717, 1.165) is 42.8 Å². The molecule has 106 valence electrons. The van der Waals surface area contributed by atoms with Crippen molar-refractivity contribution in [2.24, 2.45) is 0 Å². The highest BCUT2D eigenvalue weighted by Gasteiger charge is 2.21.